The summed E-state index contributed by atoms with van der Waals surface area (Å²) in [7, 11) is 0. The first-order valence-corrected chi connectivity index (χ1v) is 7.36. The van der Waals surface area contributed by atoms with E-state index >= 15 is 0 Å². The van der Waals surface area contributed by atoms with Gasteiger partial charge in [0.25, 0.3) is 0 Å². The molecule has 5 heteroatoms. The minimum Gasteiger partial charge on any atom is -0.444 e. The molecule has 0 bridgehead atoms. The summed E-state index contributed by atoms with van der Waals surface area (Å²) in [5.74, 6) is 0. The molecule has 114 valence electrons. The predicted octanol–water partition coefficient (Wildman–Crippen LogP) is 4.21. The van der Waals surface area contributed by atoms with Crippen molar-refractivity contribution in [2.24, 2.45) is 0 Å². The van der Waals surface area contributed by atoms with Gasteiger partial charge >= 0.3 is 6.09 Å². The van der Waals surface area contributed by atoms with Gasteiger partial charge in [-0.25, -0.2) is 4.79 Å². The fourth-order valence-corrected chi connectivity index (χ4v) is 2.33. The molecule has 2 aromatic rings. The van der Waals surface area contributed by atoms with Crippen LogP contribution in [0.15, 0.2) is 30.5 Å². The molecule has 1 heterocycles. The van der Waals surface area contributed by atoms with Gasteiger partial charge < -0.3 is 14.6 Å². The largest absolute Gasteiger partial charge is 0.444 e. The van der Waals surface area contributed by atoms with Gasteiger partial charge in [-0.3, -0.25) is 0 Å². The monoisotopic (exact) mass is 308 g/mol. The number of carbonyl (C=O) groups is 1. The molecule has 1 N–H and O–H groups in total. The Hall–Kier alpha value is -1.68. The van der Waals surface area contributed by atoms with E-state index in [-0.39, 0.29) is 6.04 Å². The molecule has 0 fully saturated rings. The van der Waals surface area contributed by atoms with E-state index in [9.17, 15) is 4.79 Å². The Labute approximate surface area is 130 Å². The lowest BCUT2D eigenvalue weighted by molar-refractivity contribution is 0.0504. The van der Waals surface area contributed by atoms with E-state index in [1.165, 1.54) is 0 Å². The topological polar surface area (TPSA) is 43.3 Å². The SMILES string of the molecule is C[C@@H](Cn1ccc2ccc(Cl)cc21)NC(=O)OC(C)(C)C. The number of aromatic nitrogens is 1. The van der Waals surface area contributed by atoms with Gasteiger partial charge in [0.2, 0.25) is 0 Å². The van der Waals surface area contributed by atoms with Crippen LogP contribution in [-0.4, -0.2) is 22.3 Å². The van der Waals surface area contributed by atoms with Gasteiger partial charge in [0.05, 0.1) is 0 Å². The van der Waals surface area contributed by atoms with Crippen LogP contribution < -0.4 is 5.32 Å². The lowest BCUT2D eigenvalue weighted by atomic mass is 10.2. The van der Waals surface area contributed by atoms with Gasteiger partial charge in [0.1, 0.15) is 5.60 Å². The third kappa shape index (κ3) is 4.39. The van der Waals surface area contributed by atoms with Crippen LogP contribution in [0, 0.1) is 0 Å². The second-order valence-corrected chi connectivity index (χ2v) is 6.65. The fourth-order valence-electron chi connectivity index (χ4n) is 2.17. The zero-order chi connectivity index (χ0) is 15.6. The van der Waals surface area contributed by atoms with Crippen LogP contribution in [0.2, 0.25) is 5.02 Å². The molecular weight excluding hydrogens is 288 g/mol. The summed E-state index contributed by atoms with van der Waals surface area (Å²) in [5.41, 5.74) is 0.567. The molecule has 0 radical (unpaired) electrons. The maximum absolute atomic E-state index is 11.8. The summed E-state index contributed by atoms with van der Waals surface area (Å²) >= 11 is 6.04. The minimum atomic E-state index is -0.489. The molecule has 0 aliphatic rings. The second kappa shape index (κ2) is 5.98. The van der Waals surface area contributed by atoms with Crippen molar-refractivity contribution < 1.29 is 9.53 Å². The summed E-state index contributed by atoms with van der Waals surface area (Å²) in [6.07, 6.45) is 1.60. The predicted molar refractivity (Wildman–Crippen MR) is 85.8 cm³/mol. The average Bonchev–Trinajstić information content (AvgIpc) is 2.69. The summed E-state index contributed by atoms with van der Waals surface area (Å²) in [6.45, 7) is 8.14. The summed E-state index contributed by atoms with van der Waals surface area (Å²) in [5, 5.41) is 4.67. The van der Waals surface area contributed by atoms with Crippen molar-refractivity contribution in [1.82, 2.24) is 9.88 Å². The molecule has 21 heavy (non-hydrogen) atoms. The molecule has 0 unspecified atom stereocenters. The van der Waals surface area contributed by atoms with E-state index in [1.807, 2.05) is 58.2 Å². The number of halogens is 1. The number of ether oxygens (including phenoxy) is 1. The molecule has 0 saturated heterocycles. The number of alkyl carbamates (subject to hydrolysis) is 1. The lowest BCUT2D eigenvalue weighted by Crippen LogP contribution is -2.39. The van der Waals surface area contributed by atoms with Crippen molar-refractivity contribution in [3.63, 3.8) is 0 Å². The zero-order valence-electron chi connectivity index (χ0n) is 12.8. The van der Waals surface area contributed by atoms with Crippen molar-refractivity contribution in [3.8, 4) is 0 Å². The molecule has 0 aliphatic heterocycles. The number of amides is 1. The Kier molecular flexibility index (Phi) is 4.47. The maximum Gasteiger partial charge on any atom is 0.407 e. The Morgan fingerprint density at radius 2 is 2.10 bits per heavy atom. The van der Waals surface area contributed by atoms with Gasteiger partial charge in [-0.15, -0.1) is 0 Å². The Morgan fingerprint density at radius 3 is 2.76 bits per heavy atom. The highest BCUT2D eigenvalue weighted by molar-refractivity contribution is 6.31. The number of nitrogens with one attached hydrogen (secondary N) is 1. The van der Waals surface area contributed by atoms with Crippen LogP contribution in [0.4, 0.5) is 4.79 Å². The highest BCUT2D eigenvalue weighted by Gasteiger charge is 2.18. The number of nitrogens with zero attached hydrogens (tertiary/aromatic N) is 1. The average molecular weight is 309 g/mol. The van der Waals surface area contributed by atoms with Crippen LogP contribution in [0.25, 0.3) is 10.9 Å². The molecule has 1 aromatic carbocycles. The molecule has 0 saturated carbocycles. The van der Waals surface area contributed by atoms with Crippen molar-refractivity contribution in [2.45, 2.75) is 45.9 Å². The lowest BCUT2D eigenvalue weighted by Gasteiger charge is -2.22. The Balaban J connectivity index is 2.03. The van der Waals surface area contributed by atoms with Gasteiger partial charge in [-0.2, -0.15) is 0 Å². The maximum atomic E-state index is 11.8. The first kappa shape index (κ1) is 15.7. The van der Waals surface area contributed by atoms with Crippen molar-refractivity contribution in [3.05, 3.63) is 35.5 Å². The molecule has 1 amide bonds. The fraction of sp³-hybridized carbons (Fsp3) is 0.438. The first-order valence-electron chi connectivity index (χ1n) is 6.98. The van der Waals surface area contributed by atoms with E-state index in [4.69, 9.17) is 16.3 Å². The standard InChI is InChI=1S/C16H21ClN2O2/c1-11(18-15(20)21-16(2,3)4)10-19-8-7-12-5-6-13(17)9-14(12)19/h5-9,11H,10H2,1-4H3,(H,18,20)/t11-/m0/s1. The van der Waals surface area contributed by atoms with Crippen LogP contribution in [0.1, 0.15) is 27.7 Å². The second-order valence-electron chi connectivity index (χ2n) is 6.22. The van der Waals surface area contributed by atoms with Gasteiger partial charge in [0.15, 0.2) is 0 Å². The third-order valence-corrected chi connectivity index (χ3v) is 3.20. The Morgan fingerprint density at radius 1 is 1.38 bits per heavy atom. The van der Waals surface area contributed by atoms with E-state index in [0.29, 0.717) is 11.6 Å². The van der Waals surface area contributed by atoms with E-state index in [1.54, 1.807) is 0 Å². The number of benzene rings is 1. The summed E-state index contributed by atoms with van der Waals surface area (Å²) in [6, 6.07) is 7.77. The van der Waals surface area contributed by atoms with E-state index in [2.05, 4.69) is 9.88 Å². The summed E-state index contributed by atoms with van der Waals surface area (Å²) in [4.78, 5) is 11.8. The number of hydrogen-bond acceptors (Lipinski definition) is 2. The van der Waals surface area contributed by atoms with Crippen molar-refractivity contribution in [1.29, 1.82) is 0 Å². The first-order chi connectivity index (χ1) is 9.74. The van der Waals surface area contributed by atoms with Crippen molar-refractivity contribution in [2.75, 3.05) is 0 Å². The molecular formula is C16H21ClN2O2. The van der Waals surface area contributed by atoms with Gasteiger partial charge in [-0.1, -0.05) is 17.7 Å². The number of fused-ring (bicyclic) bond motifs is 1. The van der Waals surface area contributed by atoms with Crippen LogP contribution in [0.3, 0.4) is 0 Å². The van der Waals surface area contributed by atoms with Crippen molar-refractivity contribution >= 4 is 28.6 Å². The number of rotatable bonds is 3. The molecule has 0 aliphatic carbocycles. The normalized spacial score (nSPS) is 13.2. The van der Waals surface area contributed by atoms with E-state index < -0.39 is 11.7 Å². The highest BCUT2D eigenvalue weighted by atomic mass is 35.5. The van der Waals surface area contributed by atoms with Crippen LogP contribution in [-0.2, 0) is 11.3 Å². The summed E-state index contributed by atoms with van der Waals surface area (Å²) < 4.78 is 7.33. The number of carbonyl (C=O) groups excluding carboxylic acids is 1. The molecule has 2 rings (SSSR count). The molecule has 0 spiro atoms. The molecule has 1 aromatic heterocycles. The van der Waals surface area contributed by atoms with Crippen LogP contribution in [0.5, 0.6) is 0 Å². The Bertz CT molecular complexity index is 643. The molecule has 4 nitrogen and oxygen atoms in total. The minimum absolute atomic E-state index is 0.0468. The highest BCUT2D eigenvalue weighted by Crippen LogP contribution is 2.20. The zero-order valence-corrected chi connectivity index (χ0v) is 13.6. The third-order valence-electron chi connectivity index (χ3n) is 2.97. The van der Waals surface area contributed by atoms with Gasteiger partial charge in [-0.05, 0) is 51.3 Å². The van der Waals surface area contributed by atoms with E-state index in [0.717, 1.165) is 10.9 Å². The molecule has 1 atom stereocenters. The smallest absolute Gasteiger partial charge is 0.407 e. The van der Waals surface area contributed by atoms with Crippen LogP contribution >= 0.6 is 11.6 Å². The van der Waals surface area contributed by atoms with Gasteiger partial charge in [0, 0.05) is 29.3 Å². The quantitative estimate of drug-likeness (QED) is 0.923. The number of hydrogen-bond donors (Lipinski definition) is 1.